The topological polar surface area (TPSA) is 17.8 Å². The summed E-state index contributed by atoms with van der Waals surface area (Å²) >= 11 is 18.6. The minimum absolute atomic E-state index is 0.519. The van der Waals surface area contributed by atoms with Crippen LogP contribution >= 0.6 is 34.8 Å². The summed E-state index contributed by atoms with van der Waals surface area (Å²) in [5.41, 5.74) is 2.89. The molecule has 1 aromatic carbocycles. The molecule has 0 radical (unpaired) electrons. The maximum atomic E-state index is 6.30. The summed E-state index contributed by atoms with van der Waals surface area (Å²) in [5.74, 6) is 0. The third-order valence-corrected chi connectivity index (χ3v) is 3.97. The Labute approximate surface area is 134 Å². The molecule has 108 valence electrons. The van der Waals surface area contributed by atoms with Crippen LogP contribution in [0, 0.1) is 0 Å². The van der Waals surface area contributed by atoms with Crippen LogP contribution in [0.4, 0.5) is 0 Å². The number of hydrogen-bond acceptors (Lipinski definition) is 1. The number of rotatable bonds is 5. The largest absolute Gasteiger partial charge is 0.235 e. The quantitative estimate of drug-likeness (QED) is 0.683. The average Bonchev–Trinajstić information content (AvgIpc) is 2.78. The maximum Gasteiger partial charge on any atom is 0.102 e. The van der Waals surface area contributed by atoms with Gasteiger partial charge in [0.1, 0.15) is 5.69 Å². The maximum absolute atomic E-state index is 6.30. The fourth-order valence-corrected chi connectivity index (χ4v) is 3.09. The van der Waals surface area contributed by atoms with Crippen molar-refractivity contribution in [1.29, 1.82) is 0 Å². The first-order valence-corrected chi connectivity index (χ1v) is 7.93. The van der Waals surface area contributed by atoms with Crippen LogP contribution in [0.15, 0.2) is 18.2 Å². The van der Waals surface area contributed by atoms with Gasteiger partial charge in [0.05, 0.1) is 15.7 Å². The Hall–Kier alpha value is -0.700. The molecule has 0 aliphatic carbocycles. The molecule has 1 heterocycles. The number of nitrogens with zero attached hydrogens (tertiary/aromatic N) is 2. The highest BCUT2D eigenvalue weighted by Crippen LogP contribution is 2.33. The Morgan fingerprint density at radius 1 is 1.05 bits per heavy atom. The fraction of sp³-hybridized carbons (Fsp3) is 0.400. The zero-order chi connectivity index (χ0) is 14.7. The summed E-state index contributed by atoms with van der Waals surface area (Å²) in [5, 5.41) is 6.18. The second-order valence-corrected chi connectivity index (χ2v) is 5.96. The van der Waals surface area contributed by atoms with Crippen molar-refractivity contribution in [2.45, 2.75) is 39.5 Å². The molecule has 0 N–H and O–H groups in total. The molecule has 0 aliphatic rings. The molecular weight excluding hydrogens is 315 g/mol. The van der Waals surface area contributed by atoms with E-state index in [-0.39, 0.29) is 0 Å². The number of aromatic nitrogens is 2. The van der Waals surface area contributed by atoms with Gasteiger partial charge in [-0.15, -0.1) is 0 Å². The SMILES string of the molecule is CCCCc1cc(CC)nn1-c1c(Cl)cc(Cl)cc1Cl. The van der Waals surface area contributed by atoms with E-state index in [9.17, 15) is 0 Å². The van der Waals surface area contributed by atoms with E-state index >= 15 is 0 Å². The van der Waals surface area contributed by atoms with Gasteiger partial charge in [-0.05, 0) is 37.5 Å². The van der Waals surface area contributed by atoms with Gasteiger partial charge in [-0.25, -0.2) is 4.68 Å². The fourth-order valence-electron chi connectivity index (χ4n) is 2.11. The summed E-state index contributed by atoms with van der Waals surface area (Å²) in [6.45, 7) is 4.25. The summed E-state index contributed by atoms with van der Waals surface area (Å²) in [6.07, 6.45) is 4.08. The predicted molar refractivity (Wildman–Crippen MR) is 86.6 cm³/mol. The van der Waals surface area contributed by atoms with Crippen molar-refractivity contribution >= 4 is 34.8 Å². The van der Waals surface area contributed by atoms with Crippen molar-refractivity contribution in [3.8, 4) is 5.69 Å². The molecule has 0 aliphatic heterocycles. The van der Waals surface area contributed by atoms with E-state index in [1.54, 1.807) is 12.1 Å². The summed E-state index contributed by atoms with van der Waals surface area (Å²) in [6, 6.07) is 5.51. The Kier molecular flexibility index (Phi) is 5.36. The number of benzene rings is 1. The Bertz CT molecular complexity index is 582. The van der Waals surface area contributed by atoms with E-state index in [0.29, 0.717) is 20.8 Å². The lowest BCUT2D eigenvalue weighted by atomic mass is 10.2. The second kappa shape index (κ2) is 6.84. The van der Waals surface area contributed by atoms with Crippen molar-refractivity contribution in [3.05, 3.63) is 44.7 Å². The third kappa shape index (κ3) is 3.30. The van der Waals surface area contributed by atoms with E-state index in [1.807, 2.05) is 4.68 Å². The predicted octanol–water partition coefficient (Wildman–Crippen LogP) is 5.74. The number of hydrogen-bond donors (Lipinski definition) is 0. The highest BCUT2D eigenvalue weighted by molar-refractivity contribution is 6.40. The number of aryl methyl sites for hydroxylation is 2. The molecule has 2 aromatic rings. The van der Waals surface area contributed by atoms with Gasteiger partial charge in [0.15, 0.2) is 0 Å². The van der Waals surface area contributed by atoms with Gasteiger partial charge in [-0.3, -0.25) is 0 Å². The first-order valence-electron chi connectivity index (χ1n) is 6.79. The van der Waals surface area contributed by atoms with Crippen LogP contribution in [0.1, 0.15) is 38.1 Å². The molecule has 0 fully saturated rings. The van der Waals surface area contributed by atoms with Gasteiger partial charge in [-0.2, -0.15) is 5.10 Å². The molecular formula is C15H17Cl3N2. The van der Waals surface area contributed by atoms with Gasteiger partial charge < -0.3 is 0 Å². The van der Waals surface area contributed by atoms with E-state index < -0.39 is 0 Å². The molecule has 1 aromatic heterocycles. The summed E-state index contributed by atoms with van der Waals surface area (Å²) < 4.78 is 1.86. The van der Waals surface area contributed by atoms with E-state index in [2.05, 4.69) is 25.0 Å². The van der Waals surface area contributed by atoms with Crippen LogP contribution in [0.3, 0.4) is 0 Å². The summed E-state index contributed by atoms with van der Waals surface area (Å²) in [7, 11) is 0. The first-order chi connectivity index (χ1) is 9.56. The second-order valence-electron chi connectivity index (χ2n) is 4.71. The van der Waals surface area contributed by atoms with E-state index in [0.717, 1.165) is 37.1 Å². The van der Waals surface area contributed by atoms with Gasteiger partial charge in [-0.1, -0.05) is 55.1 Å². The van der Waals surface area contributed by atoms with Gasteiger partial charge in [0, 0.05) is 10.7 Å². The zero-order valence-electron chi connectivity index (χ0n) is 11.6. The highest BCUT2D eigenvalue weighted by atomic mass is 35.5. The van der Waals surface area contributed by atoms with Crippen molar-refractivity contribution in [3.63, 3.8) is 0 Å². The molecule has 0 unspecified atom stereocenters. The molecule has 0 saturated heterocycles. The van der Waals surface area contributed by atoms with Crippen molar-refractivity contribution in [1.82, 2.24) is 9.78 Å². The first kappa shape index (κ1) is 15.7. The van der Waals surface area contributed by atoms with Crippen LogP contribution in [0.2, 0.25) is 15.1 Å². The smallest absolute Gasteiger partial charge is 0.102 e. The van der Waals surface area contributed by atoms with Crippen LogP contribution in [0.25, 0.3) is 5.69 Å². The van der Waals surface area contributed by atoms with E-state index in [4.69, 9.17) is 34.8 Å². The van der Waals surface area contributed by atoms with Gasteiger partial charge >= 0.3 is 0 Å². The lowest BCUT2D eigenvalue weighted by Gasteiger charge is -2.11. The number of unbranched alkanes of at least 4 members (excludes halogenated alkanes) is 1. The number of halogens is 3. The Balaban J connectivity index is 2.53. The minimum atomic E-state index is 0.519. The lowest BCUT2D eigenvalue weighted by molar-refractivity contribution is 0.725. The van der Waals surface area contributed by atoms with E-state index in [1.165, 1.54) is 0 Å². The molecule has 20 heavy (non-hydrogen) atoms. The molecule has 0 spiro atoms. The van der Waals surface area contributed by atoms with Gasteiger partial charge in [0.25, 0.3) is 0 Å². The highest BCUT2D eigenvalue weighted by Gasteiger charge is 2.15. The minimum Gasteiger partial charge on any atom is -0.235 e. The van der Waals surface area contributed by atoms with Crippen LogP contribution in [-0.2, 0) is 12.8 Å². The molecule has 2 nitrogen and oxygen atoms in total. The Morgan fingerprint density at radius 2 is 1.70 bits per heavy atom. The summed E-state index contributed by atoms with van der Waals surface area (Å²) in [4.78, 5) is 0. The zero-order valence-corrected chi connectivity index (χ0v) is 13.9. The molecule has 0 amide bonds. The monoisotopic (exact) mass is 330 g/mol. The van der Waals surface area contributed by atoms with Crippen molar-refractivity contribution in [2.75, 3.05) is 0 Å². The lowest BCUT2D eigenvalue weighted by Crippen LogP contribution is -2.04. The van der Waals surface area contributed by atoms with Crippen LogP contribution in [-0.4, -0.2) is 9.78 Å². The third-order valence-electron chi connectivity index (χ3n) is 3.18. The normalized spacial score (nSPS) is 11.1. The van der Waals surface area contributed by atoms with Crippen LogP contribution < -0.4 is 0 Å². The average molecular weight is 332 g/mol. The van der Waals surface area contributed by atoms with Gasteiger partial charge in [0.2, 0.25) is 0 Å². The molecule has 5 heteroatoms. The Morgan fingerprint density at radius 3 is 2.25 bits per heavy atom. The van der Waals surface area contributed by atoms with Crippen molar-refractivity contribution in [2.24, 2.45) is 0 Å². The molecule has 0 atom stereocenters. The molecule has 0 saturated carbocycles. The van der Waals surface area contributed by atoms with Crippen LogP contribution in [0.5, 0.6) is 0 Å². The van der Waals surface area contributed by atoms with Crippen molar-refractivity contribution < 1.29 is 0 Å². The molecule has 2 rings (SSSR count). The molecule has 0 bridgehead atoms. The standard InChI is InChI=1S/C15H17Cl3N2/c1-3-5-6-12-9-11(4-2)19-20(12)15-13(17)7-10(16)8-14(15)18/h7-9H,3-6H2,1-2H3.